The number of fused-ring (bicyclic) bond motifs is 1. The van der Waals surface area contributed by atoms with E-state index < -0.39 is 23.8 Å². The maximum Gasteiger partial charge on any atom is 0.416 e. The van der Waals surface area contributed by atoms with Gasteiger partial charge in [-0.05, 0) is 42.5 Å². The van der Waals surface area contributed by atoms with Crippen LogP contribution in [0, 0.1) is 0 Å². The molecule has 0 saturated heterocycles. The molecular weight excluding hydrogens is 427 g/mol. The highest BCUT2D eigenvalue weighted by Gasteiger charge is 2.33. The number of aromatic nitrogens is 1. The Bertz CT molecular complexity index is 1250. The summed E-state index contributed by atoms with van der Waals surface area (Å²) in [7, 11) is 1.45. The third-order valence-corrected chi connectivity index (χ3v) is 4.70. The number of aliphatic carboxylic acids is 1. The first kappa shape index (κ1) is 21.2. The van der Waals surface area contributed by atoms with Crippen LogP contribution >= 0.6 is 0 Å². The van der Waals surface area contributed by atoms with Gasteiger partial charge in [-0.2, -0.15) is 13.2 Å². The largest absolute Gasteiger partial charge is 0.497 e. The number of halogens is 3. The molecule has 164 valence electrons. The van der Waals surface area contributed by atoms with E-state index in [-0.39, 0.29) is 17.2 Å². The van der Waals surface area contributed by atoms with Gasteiger partial charge in [-0.25, -0.2) is 9.78 Å². The average Bonchev–Trinajstić information content (AvgIpc) is 3.21. The van der Waals surface area contributed by atoms with Gasteiger partial charge in [0.1, 0.15) is 17.0 Å². The topological polar surface area (TPSA) is 81.8 Å². The number of para-hydroxylation sites is 2. The molecular formula is C23H16F3NO5. The van der Waals surface area contributed by atoms with Crippen LogP contribution in [0.3, 0.4) is 0 Å². The van der Waals surface area contributed by atoms with Gasteiger partial charge in [-0.3, -0.25) is 0 Å². The monoisotopic (exact) mass is 443 g/mol. The minimum Gasteiger partial charge on any atom is -0.497 e. The average molecular weight is 443 g/mol. The summed E-state index contributed by atoms with van der Waals surface area (Å²) in [5, 5.41) is 9.69. The molecule has 0 aliphatic rings. The van der Waals surface area contributed by atoms with Crippen molar-refractivity contribution in [3.63, 3.8) is 0 Å². The number of hydrogen-bond acceptors (Lipinski definition) is 5. The van der Waals surface area contributed by atoms with Crippen molar-refractivity contribution in [2.45, 2.75) is 12.3 Å². The molecule has 1 atom stereocenters. The number of benzene rings is 3. The molecule has 4 rings (SSSR count). The van der Waals surface area contributed by atoms with Crippen LogP contribution < -0.4 is 9.47 Å². The molecule has 0 bridgehead atoms. The Balaban J connectivity index is 1.78. The van der Waals surface area contributed by atoms with E-state index in [1.807, 2.05) is 0 Å². The normalized spacial score (nSPS) is 12.5. The first-order chi connectivity index (χ1) is 15.3. The van der Waals surface area contributed by atoms with Crippen molar-refractivity contribution < 1.29 is 37.0 Å². The first-order valence-electron chi connectivity index (χ1n) is 9.37. The summed E-state index contributed by atoms with van der Waals surface area (Å²) in [6.07, 6.45) is -6.32. The van der Waals surface area contributed by atoms with Gasteiger partial charge in [0, 0.05) is 5.56 Å². The van der Waals surface area contributed by atoms with Gasteiger partial charge in [0.15, 0.2) is 5.58 Å². The molecule has 4 aromatic rings. The molecule has 0 radical (unpaired) electrons. The molecule has 0 saturated carbocycles. The Hall–Kier alpha value is -4.01. The fourth-order valence-electron chi connectivity index (χ4n) is 3.16. The number of methoxy groups -OCH3 is 1. The van der Waals surface area contributed by atoms with Crippen molar-refractivity contribution in [2.75, 3.05) is 7.11 Å². The Morgan fingerprint density at radius 1 is 1.06 bits per heavy atom. The zero-order chi connectivity index (χ0) is 22.9. The predicted molar refractivity (Wildman–Crippen MR) is 108 cm³/mol. The molecule has 0 fully saturated rings. The van der Waals surface area contributed by atoms with Crippen molar-refractivity contribution in [2.24, 2.45) is 0 Å². The maximum absolute atomic E-state index is 13.1. The maximum atomic E-state index is 13.1. The van der Waals surface area contributed by atoms with Crippen molar-refractivity contribution in [1.29, 1.82) is 0 Å². The molecule has 0 amide bonds. The van der Waals surface area contributed by atoms with E-state index in [0.29, 0.717) is 22.4 Å². The van der Waals surface area contributed by atoms with Gasteiger partial charge in [0.05, 0.1) is 18.2 Å². The lowest BCUT2D eigenvalue weighted by molar-refractivity contribution is -0.146. The molecule has 0 aliphatic carbocycles. The van der Waals surface area contributed by atoms with Crippen LogP contribution in [0.1, 0.15) is 17.2 Å². The van der Waals surface area contributed by atoms with Gasteiger partial charge in [0.2, 0.25) is 12.0 Å². The summed E-state index contributed by atoms with van der Waals surface area (Å²) < 4.78 is 56.0. The Kier molecular flexibility index (Phi) is 5.48. The van der Waals surface area contributed by atoms with Crippen molar-refractivity contribution in [1.82, 2.24) is 4.98 Å². The van der Waals surface area contributed by atoms with Gasteiger partial charge in [-0.1, -0.05) is 24.3 Å². The van der Waals surface area contributed by atoms with E-state index in [2.05, 4.69) is 4.98 Å². The smallest absolute Gasteiger partial charge is 0.416 e. The van der Waals surface area contributed by atoms with Crippen molar-refractivity contribution >= 4 is 17.1 Å². The molecule has 6 nitrogen and oxygen atoms in total. The van der Waals surface area contributed by atoms with Gasteiger partial charge >= 0.3 is 12.1 Å². The molecule has 32 heavy (non-hydrogen) atoms. The Morgan fingerprint density at radius 2 is 1.84 bits per heavy atom. The predicted octanol–water partition coefficient (Wildman–Crippen LogP) is 5.73. The SMILES string of the molecule is COc1ccc(OC(C(=O)O)c2cccc(C(F)(F)F)c2)c(-c2nc3ccccc3o2)c1. The van der Waals surface area contributed by atoms with Gasteiger partial charge in [-0.15, -0.1) is 0 Å². The molecule has 1 N–H and O–H groups in total. The first-order valence-corrected chi connectivity index (χ1v) is 9.37. The zero-order valence-corrected chi connectivity index (χ0v) is 16.6. The van der Waals surface area contributed by atoms with Gasteiger partial charge < -0.3 is 19.0 Å². The number of carbonyl (C=O) groups is 1. The summed E-state index contributed by atoms with van der Waals surface area (Å²) in [5.41, 5.74) is 0.233. The molecule has 1 unspecified atom stereocenters. The summed E-state index contributed by atoms with van der Waals surface area (Å²) in [5.74, 6) is -0.820. The van der Waals surface area contributed by atoms with Crippen LogP contribution in [0.4, 0.5) is 13.2 Å². The third kappa shape index (κ3) is 4.22. The van der Waals surface area contributed by atoms with Crippen LogP contribution in [0.15, 0.2) is 71.1 Å². The van der Waals surface area contributed by atoms with E-state index in [1.54, 1.807) is 30.3 Å². The second-order valence-electron chi connectivity index (χ2n) is 6.81. The third-order valence-electron chi connectivity index (χ3n) is 4.70. The van der Waals surface area contributed by atoms with Crippen LogP contribution in [0.2, 0.25) is 0 Å². The van der Waals surface area contributed by atoms with E-state index in [9.17, 15) is 23.1 Å². The summed E-state index contributed by atoms with van der Waals surface area (Å²) >= 11 is 0. The number of carboxylic acids is 1. The lowest BCUT2D eigenvalue weighted by Crippen LogP contribution is -2.19. The van der Waals surface area contributed by atoms with Crippen molar-refractivity contribution in [3.05, 3.63) is 77.9 Å². The number of ether oxygens (including phenoxy) is 2. The summed E-state index contributed by atoms with van der Waals surface area (Å²) in [4.78, 5) is 16.3. The highest BCUT2D eigenvalue weighted by molar-refractivity contribution is 5.79. The number of alkyl halides is 3. The number of oxazole rings is 1. The van der Waals surface area contributed by atoms with Crippen LogP contribution in [0.5, 0.6) is 11.5 Å². The molecule has 1 heterocycles. The lowest BCUT2D eigenvalue weighted by Gasteiger charge is -2.19. The molecule has 0 spiro atoms. The van der Waals surface area contributed by atoms with E-state index in [4.69, 9.17) is 13.9 Å². The Labute approximate surface area is 179 Å². The van der Waals surface area contributed by atoms with Gasteiger partial charge in [0.25, 0.3) is 0 Å². The van der Waals surface area contributed by atoms with E-state index in [0.717, 1.165) is 18.2 Å². The fourth-order valence-corrected chi connectivity index (χ4v) is 3.16. The van der Waals surface area contributed by atoms with E-state index in [1.165, 1.54) is 25.3 Å². The van der Waals surface area contributed by atoms with E-state index >= 15 is 0 Å². The minimum absolute atomic E-state index is 0.0576. The number of hydrogen-bond donors (Lipinski definition) is 1. The van der Waals surface area contributed by atoms with Crippen LogP contribution in [0.25, 0.3) is 22.6 Å². The number of nitrogens with zero attached hydrogens (tertiary/aromatic N) is 1. The summed E-state index contributed by atoms with van der Waals surface area (Å²) in [6, 6.07) is 15.6. The quantitative estimate of drug-likeness (QED) is 0.410. The highest BCUT2D eigenvalue weighted by atomic mass is 19.4. The number of rotatable bonds is 6. The standard InChI is InChI=1S/C23H16F3NO5/c1-30-15-9-10-18(16(12-15)21-27-17-7-2-3-8-19(17)32-21)31-20(22(28)29)13-5-4-6-14(11-13)23(24,25)26/h2-12,20H,1H3,(H,28,29). The molecule has 0 aliphatic heterocycles. The minimum atomic E-state index is -4.62. The van der Waals surface area contributed by atoms with Crippen molar-refractivity contribution in [3.8, 4) is 23.0 Å². The second-order valence-corrected chi connectivity index (χ2v) is 6.81. The van der Waals surface area contributed by atoms with Crippen LogP contribution in [-0.4, -0.2) is 23.2 Å². The molecule has 1 aromatic heterocycles. The zero-order valence-electron chi connectivity index (χ0n) is 16.6. The number of carboxylic acid groups (broad SMARTS) is 1. The lowest BCUT2D eigenvalue weighted by atomic mass is 10.1. The highest BCUT2D eigenvalue weighted by Crippen LogP contribution is 2.38. The second kappa shape index (κ2) is 8.26. The van der Waals surface area contributed by atoms with Crippen LogP contribution in [-0.2, 0) is 11.0 Å². The molecule has 3 aromatic carbocycles. The Morgan fingerprint density at radius 3 is 2.53 bits per heavy atom. The summed E-state index contributed by atoms with van der Waals surface area (Å²) in [6.45, 7) is 0. The molecule has 9 heteroatoms. The fraction of sp³-hybridized carbons (Fsp3) is 0.130.